The normalized spacial score (nSPS) is 16.0. The number of hydrogen-bond donors (Lipinski definition) is 0. The first-order chi connectivity index (χ1) is 10.8. The van der Waals surface area contributed by atoms with E-state index in [9.17, 15) is 0 Å². The molecule has 118 valence electrons. The molecule has 3 rings (SSSR count). The summed E-state index contributed by atoms with van der Waals surface area (Å²) < 4.78 is 7.46. The third kappa shape index (κ3) is 3.39. The number of aromatic nitrogens is 3. The van der Waals surface area contributed by atoms with Crippen LogP contribution in [0.25, 0.3) is 0 Å². The number of hydrogen-bond acceptors (Lipinski definition) is 5. The second-order valence-electron chi connectivity index (χ2n) is 5.58. The van der Waals surface area contributed by atoms with E-state index in [-0.39, 0.29) is 0 Å². The van der Waals surface area contributed by atoms with Gasteiger partial charge in [-0.1, -0.05) is 12.1 Å². The molecule has 0 unspecified atom stereocenters. The molecule has 6 nitrogen and oxygen atoms in total. The number of piperazine rings is 1. The topological polar surface area (TPSA) is 46.4 Å². The van der Waals surface area contributed by atoms with Crippen LogP contribution in [0.4, 0.5) is 5.95 Å². The van der Waals surface area contributed by atoms with Crippen molar-refractivity contribution in [2.45, 2.75) is 13.5 Å². The highest BCUT2D eigenvalue weighted by molar-refractivity contribution is 5.30. The molecule has 0 saturated carbocycles. The first kappa shape index (κ1) is 14.8. The first-order valence-electron chi connectivity index (χ1n) is 7.79. The van der Waals surface area contributed by atoms with E-state index in [4.69, 9.17) is 4.74 Å². The van der Waals surface area contributed by atoms with E-state index < -0.39 is 0 Å². The lowest BCUT2D eigenvalue weighted by molar-refractivity contribution is 0.248. The number of aryl methyl sites for hydroxylation is 1. The van der Waals surface area contributed by atoms with Gasteiger partial charge in [0.25, 0.3) is 0 Å². The zero-order valence-corrected chi connectivity index (χ0v) is 13.3. The monoisotopic (exact) mass is 301 g/mol. The minimum Gasteiger partial charge on any atom is -0.494 e. The van der Waals surface area contributed by atoms with E-state index in [1.165, 1.54) is 5.56 Å². The fourth-order valence-corrected chi connectivity index (χ4v) is 2.79. The summed E-state index contributed by atoms with van der Waals surface area (Å²) in [4.78, 5) is 4.77. The molecule has 0 radical (unpaired) electrons. The van der Waals surface area contributed by atoms with Gasteiger partial charge >= 0.3 is 0 Å². The number of benzene rings is 1. The highest BCUT2D eigenvalue weighted by Gasteiger charge is 2.20. The van der Waals surface area contributed by atoms with E-state index in [1.807, 2.05) is 18.5 Å². The molecule has 0 spiro atoms. The zero-order valence-electron chi connectivity index (χ0n) is 13.3. The van der Waals surface area contributed by atoms with Crippen molar-refractivity contribution in [2.24, 2.45) is 7.05 Å². The van der Waals surface area contributed by atoms with Gasteiger partial charge in [0.05, 0.1) is 6.61 Å². The summed E-state index contributed by atoms with van der Waals surface area (Å²) in [7, 11) is 1.99. The van der Waals surface area contributed by atoms with Gasteiger partial charge in [0, 0.05) is 39.8 Å². The summed E-state index contributed by atoms with van der Waals surface area (Å²) in [5.74, 6) is 1.90. The third-order valence-corrected chi connectivity index (χ3v) is 3.98. The smallest absolute Gasteiger partial charge is 0.226 e. The molecule has 0 bridgehead atoms. The molecule has 0 atom stereocenters. The van der Waals surface area contributed by atoms with Gasteiger partial charge < -0.3 is 14.2 Å². The molecule has 1 aliphatic rings. The van der Waals surface area contributed by atoms with Gasteiger partial charge in [-0.25, -0.2) is 0 Å². The van der Waals surface area contributed by atoms with Crippen LogP contribution in [0.3, 0.4) is 0 Å². The van der Waals surface area contributed by atoms with Crippen molar-refractivity contribution in [3.63, 3.8) is 0 Å². The molecule has 1 fully saturated rings. The van der Waals surface area contributed by atoms with Crippen LogP contribution in [0.5, 0.6) is 5.75 Å². The Morgan fingerprint density at radius 1 is 1.09 bits per heavy atom. The standard InChI is InChI=1S/C16H23N5O/c1-3-22-15-6-4-14(5-7-15)12-20-8-10-21(11-9-20)16-18-17-13-19(16)2/h4-7,13H,3,8-12H2,1-2H3. The van der Waals surface area contributed by atoms with Gasteiger partial charge in [0.15, 0.2) is 0 Å². The second-order valence-corrected chi connectivity index (χ2v) is 5.58. The maximum atomic E-state index is 5.48. The Morgan fingerprint density at radius 2 is 1.82 bits per heavy atom. The molecule has 1 aromatic heterocycles. The van der Waals surface area contributed by atoms with Gasteiger partial charge in [0.2, 0.25) is 5.95 Å². The average molecular weight is 301 g/mol. The minimum atomic E-state index is 0.712. The summed E-state index contributed by atoms with van der Waals surface area (Å²) in [6, 6.07) is 8.41. The molecular weight excluding hydrogens is 278 g/mol. The third-order valence-electron chi connectivity index (χ3n) is 3.98. The Morgan fingerprint density at radius 3 is 2.41 bits per heavy atom. The number of rotatable bonds is 5. The summed E-state index contributed by atoms with van der Waals surface area (Å²) in [5, 5.41) is 8.13. The molecule has 22 heavy (non-hydrogen) atoms. The maximum Gasteiger partial charge on any atom is 0.226 e. The van der Waals surface area contributed by atoms with Crippen molar-refractivity contribution in [3.05, 3.63) is 36.2 Å². The molecule has 1 aromatic carbocycles. The van der Waals surface area contributed by atoms with E-state index in [2.05, 4.69) is 44.3 Å². The lowest BCUT2D eigenvalue weighted by Gasteiger charge is -2.34. The van der Waals surface area contributed by atoms with Gasteiger partial charge in [-0.2, -0.15) is 0 Å². The number of ether oxygens (including phenoxy) is 1. The summed E-state index contributed by atoms with van der Waals surface area (Å²) in [6.07, 6.45) is 1.75. The lowest BCUT2D eigenvalue weighted by Crippen LogP contribution is -2.46. The van der Waals surface area contributed by atoms with E-state index in [0.29, 0.717) is 6.61 Å². The average Bonchev–Trinajstić information content (AvgIpc) is 2.96. The van der Waals surface area contributed by atoms with Crippen LogP contribution in [0.2, 0.25) is 0 Å². The minimum absolute atomic E-state index is 0.712. The van der Waals surface area contributed by atoms with Crippen molar-refractivity contribution < 1.29 is 4.74 Å². The molecule has 0 amide bonds. The first-order valence-corrected chi connectivity index (χ1v) is 7.79. The lowest BCUT2D eigenvalue weighted by atomic mass is 10.2. The van der Waals surface area contributed by atoms with Crippen molar-refractivity contribution >= 4 is 5.95 Å². The number of nitrogens with zero attached hydrogens (tertiary/aromatic N) is 5. The Balaban J connectivity index is 1.52. The predicted molar refractivity (Wildman–Crippen MR) is 86.1 cm³/mol. The zero-order chi connectivity index (χ0) is 15.4. The van der Waals surface area contributed by atoms with Crippen LogP contribution in [0.1, 0.15) is 12.5 Å². The van der Waals surface area contributed by atoms with Crippen LogP contribution in [0.15, 0.2) is 30.6 Å². The second kappa shape index (κ2) is 6.79. The number of anilines is 1. The fourth-order valence-electron chi connectivity index (χ4n) is 2.79. The summed E-state index contributed by atoms with van der Waals surface area (Å²) in [5.41, 5.74) is 1.33. The van der Waals surface area contributed by atoms with Gasteiger partial charge in [-0.3, -0.25) is 4.90 Å². The van der Waals surface area contributed by atoms with Crippen LogP contribution in [-0.4, -0.2) is 52.5 Å². The highest BCUT2D eigenvalue weighted by atomic mass is 16.5. The molecule has 2 heterocycles. The van der Waals surface area contributed by atoms with Crippen molar-refractivity contribution in [3.8, 4) is 5.75 Å². The van der Waals surface area contributed by atoms with Crippen molar-refractivity contribution in [1.29, 1.82) is 0 Å². The largest absolute Gasteiger partial charge is 0.494 e. The Labute approximate surface area is 131 Å². The Bertz CT molecular complexity index is 587. The van der Waals surface area contributed by atoms with E-state index >= 15 is 0 Å². The van der Waals surface area contributed by atoms with Gasteiger partial charge in [-0.05, 0) is 24.6 Å². The van der Waals surface area contributed by atoms with Gasteiger partial charge in [0.1, 0.15) is 12.1 Å². The SMILES string of the molecule is CCOc1ccc(CN2CCN(c3nncn3C)CC2)cc1. The van der Waals surface area contributed by atoms with Crippen molar-refractivity contribution in [2.75, 3.05) is 37.7 Å². The van der Waals surface area contributed by atoms with Crippen LogP contribution in [-0.2, 0) is 13.6 Å². The molecule has 6 heteroatoms. The van der Waals surface area contributed by atoms with E-state index in [1.54, 1.807) is 6.33 Å². The fraction of sp³-hybridized carbons (Fsp3) is 0.500. The molecule has 0 aliphatic carbocycles. The van der Waals surface area contributed by atoms with Crippen LogP contribution >= 0.6 is 0 Å². The van der Waals surface area contributed by atoms with Gasteiger partial charge in [-0.15, -0.1) is 10.2 Å². The van der Waals surface area contributed by atoms with Crippen LogP contribution < -0.4 is 9.64 Å². The molecule has 1 saturated heterocycles. The Hall–Kier alpha value is -2.08. The van der Waals surface area contributed by atoms with E-state index in [0.717, 1.165) is 44.4 Å². The highest BCUT2D eigenvalue weighted by Crippen LogP contribution is 2.16. The molecule has 0 N–H and O–H groups in total. The predicted octanol–water partition coefficient (Wildman–Crippen LogP) is 1.54. The molecular formula is C16H23N5O. The summed E-state index contributed by atoms with van der Waals surface area (Å²) in [6.45, 7) is 7.76. The maximum absolute atomic E-state index is 5.48. The molecule has 1 aliphatic heterocycles. The van der Waals surface area contributed by atoms with Crippen molar-refractivity contribution in [1.82, 2.24) is 19.7 Å². The summed E-state index contributed by atoms with van der Waals surface area (Å²) >= 11 is 0. The Kier molecular flexibility index (Phi) is 4.58. The molecule has 2 aromatic rings. The van der Waals surface area contributed by atoms with Crippen LogP contribution in [0, 0.1) is 0 Å². The quantitative estimate of drug-likeness (QED) is 0.838.